The zero-order valence-electron chi connectivity index (χ0n) is 25.3. The molecule has 2 aromatic rings. The molecule has 8 heteroatoms. The Morgan fingerprint density at radius 1 is 1.12 bits per heavy atom. The minimum absolute atomic E-state index is 0.305. The highest BCUT2D eigenvalue weighted by Gasteiger charge is 2.29. The molecule has 1 amide bonds. The van der Waals surface area contributed by atoms with E-state index in [1.807, 2.05) is 39.1 Å². The molecule has 1 aromatic carbocycles. The second-order valence-corrected chi connectivity index (χ2v) is 10.4. The molecule has 3 rings (SSSR count). The van der Waals surface area contributed by atoms with Crippen molar-refractivity contribution in [3.63, 3.8) is 0 Å². The van der Waals surface area contributed by atoms with Gasteiger partial charge in [-0.3, -0.25) is 9.98 Å². The third kappa shape index (κ3) is 9.95. The number of alkyl halides is 1. The molecule has 1 aliphatic rings. The number of rotatable bonds is 9. The summed E-state index contributed by atoms with van der Waals surface area (Å²) in [6.45, 7) is 15.9. The van der Waals surface area contributed by atoms with E-state index in [-0.39, 0.29) is 5.82 Å². The number of benzene rings is 1. The van der Waals surface area contributed by atoms with Crippen molar-refractivity contribution in [1.29, 1.82) is 0 Å². The number of aromatic nitrogens is 1. The second-order valence-electron chi connectivity index (χ2n) is 10.4. The minimum Gasteiger partial charge on any atom is -0.441 e. The van der Waals surface area contributed by atoms with Crippen molar-refractivity contribution in [3.8, 4) is 0 Å². The highest BCUT2D eigenvalue weighted by atomic mass is 19.1. The first kappa shape index (κ1) is 33.4. The van der Waals surface area contributed by atoms with Crippen molar-refractivity contribution in [1.82, 2.24) is 14.8 Å². The van der Waals surface area contributed by atoms with Gasteiger partial charge >= 0.3 is 6.09 Å². The zero-order chi connectivity index (χ0) is 30.4. The Morgan fingerprint density at radius 3 is 2.32 bits per heavy atom. The van der Waals surface area contributed by atoms with Crippen LogP contribution in [0.25, 0.3) is 5.57 Å². The van der Waals surface area contributed by atoms with Crippen LogP contribution in [0.4, 0.5) is 13.6 Å². The van der Waals surface area contributed by atoms with Gasteiger partial charge in [0, 0.05) is 67.3 Å². The van der Waals surface area contributed by atoms with Crippen molar-refractivity contribution in [2.75, 3.05) is 32.9 Å². The molecule has 0 bridgehead atoms. The van der Waals surface area contributed by atoms with Crippen LogP contribution in [-0.4, -0.2) is 65.0 Å². The summed E-state index contributed by atoms with van der Waals surface area (Å²) in [5, 5.41) is 0. The summed E-state index contributed by atoms with van der Waals surface area (Å²) >= 11 is 0. The summed E-state index contributed by atoms with van der Waals surface area (Å²) in [5.74, 6) is -0.305. The first-order valence-corrected chi connectivity index (χ1v) is 14.0. The number of nitrogens with zero attached hydrogens (tertiary/aromatic N) is 4. The summed E-state index contributed by atoms with van der Waals surface area (Å²) in [5.41, 5.74) is 3.92. The SMILES string of the molecule is C=CN=C(C)C(/C(=C\C)c1ccccc1F)=C(\C)N1CCN(C(=O)OC(C)(C)CF)CC1.CCCc1cccnc1. The van der Waals surface area contributed by atoms with E-state index >= 15 is 0 Å². The van der Waals surface area contributed by atoms with E-state index in [9.17, 15) is 13.6 Å². The van der Waals surface area contributed by atoms with Gasteiger partial charge in [0.25, 0.3) is 0 Å². The van der Waals surface area contributed by atoms with Crippen molar-refractivity contribution in [2.24, 2.45) is 4.99 Å². The molecule has 0 unspecified atom stereocenters. The van der Waals surface area contributed by atoms with Crippen molar-refractivity contribution in [3.05, 3.63) is 95.9 Å². The number of carbonyl (C=O) groups is 1. The molecular weight excluding hydrogens is 522 g/mol. The normalized spacial score (nSPS) is 15.0. The topological polar surface area (TPSA) is 58.0 Å². The van der Waals surface area contributed by atoms with Gasteiger partial charge in [-0.1, -0.05) is 50.3 Å². The molecular formula is C33H44F2N4O2. The van der Waals surface area contributed by atoms with Crippen LogP contribution in [0.1, 0.15) is 59.1 Å². The maximum atomic E-state index is 14.6. The third-order valence-corrected chi connectivity index (χ3v) is 6.69. The van der Waals surface area contributed by atoms with Crippen LogP contribution in [-0.2, 0) is 11.2 Å². The van der Waals surface area contributed by atoms with E-state index in [1.54, 1.807) is 43.1 Å². The lowest BCUT2D eigenvalue weighted by atomic mass is 9.92. The number of aryl methyl sites for hydroxylation is 1. The summed E-state index contributed by atoms with van der Waals surface area (Å²) in [4.78, 5) is 24.5. The lowest BCUT2D eigenvalue weighted by molar-refractivity contribution is -0.00665. The average Bonchev–Trinajstić information content (AvgIpc) is 2.97. The average molecular weight is 567 g/mol. The summed E-state index contributed by atoms with van der Waals surface area (Å²) in [7, 11) is 0. The lowest BCUT2D eigenvalue weighted by Crippen LogP contribution is -2.50. The molecule has 1 aliphatic heterocycles. The van der Waals surface area contributed by atoms with Crippen LogP contribution in [0, 0.1) is 5.82 Å². The second kappa shape index (κ2) is 16.5. The monoisotopic (exact) mass is 566 g/mol. The number of aliphatic imine (C=N–C) groups is 1. The lowest BCUT2D eigenvalue weighted by Gasteiger charge is -2.38. The summed E-state index contributed by atoms with van der Waals surface area (Å²) < 4.78 is 32.9. The van der Waals surface area contributed by atoms with Gasteiger partial charge < -0.3 is 14.5 Å². The van der Waals surface area contributed by atoms with Crippen LogP contribution in [0.2, 0.25) is 0 Å². The summed E-state index contributed by atoms with van der Waals surface area (Å²) in [6, 6.07) is 10.7. The van der Waals surface area contributed by atoms with Gasteiger partial charge in [0.15, 0.2) is 0 Å². The van der Waals surface area contributed by atoms with Gasteiger partial charge in [-0.2, -0.15) is 0 Å². The number of halogens is 2. The molecule has 0 radical (unpaired) electrons. The largest absolute Gasteiger partial charge is 0.441 e. The van der Waals surface area contributed by atoms with E-state index < -0.39 is 18.4 Å². The quantitative estimate of drug-likeness (QED) is 0.231. The minimum atomic E-state index is -1.14. The molecule has 222 valence electrons. The van der Waals surface area contributed by atoms with Gasteiger partial charge in [-0.25, -0.2) is 13.6 Å². The smallest absolute Gasteiger partial charge is 0.410 e. The Kier molecular flexibility index (Phi) is 13.4. The Hall–Kier alpha value is -3.81. The number of piperazine rings is 1. The van der Waals surface area contributed by atoms with Crippen LogP contribution >= 0.6 is 0 Å². The maximum Gasteiger partial charge on any atom is 0.410 e. The van der Waals surface area contributed by atoms with Gasteiger partial charge in [-0.05, 0) is 64.3 Å². The van der Waals surface area contributed by atoms with Gasteiger partial charge in [0.05, 0.1) is 0 Å². The molecule has 0 atom stereocenters. The van der Waals surface area contributed by atoms with Crippen LogP contribution in [0.3, 0.4) is 0 Å². The predicted molar refractivity (Wildman–Crippen MR) is 164 cm³/mol. The first-order valence-electron chi connectivity index (χ1n) is 14.0. The number of pyridine rings is 1. The molecule has 2 heterocycles. The van der Waals surface area contributed by atoms with E-state index in [0.29, 0.717) is 31.7 Å². The van der Waals surface area contributed by atoms with Crippen LogP contribution in [0.15, 0.2) is 83.9 Å². The van der Waals surface area contributed by atoms with Gasteiger partial charge in [-0.15, -0.1) is 0 Å². The number of amides is 1. The van der Waals surface area contributed by atoms with E-state index in [2.05, 4.69) is 34.4 Å². The van der Waals surface area contributed by atoms with E-state index in [4.69, 9.17) is 4.74 Å². The molecule has 0 saturated carbocycles. The predicted octanol–water partition coefficient (Wildman–Crippen LogP) is 7.64. The Morgan fingerprint density at radius 2 is 1.78 bits per heavy atom. The Balaban J connectivity index is 0.000000553. The van der Waals surface area contributed by atoms with Crippen LogP contribution < -0.4 is 0 Å². The molecule has 1 saturated heterocycles. The molecule has 0 aliphatic carbocycles. The standard InChI is InChI=1S/C25H33F2N3O2.C8H11N/c1-7-20(21-11-9-10-12-22(21)27)23(18(3)28-8-2)19(4)29-13-15-30(16-14-29)24(31)32-25(5,6)17-26;1-2-4-8-5-3-6-9-7-8/h7-12H,2,13-17H2,1,3-6H3;3,5-7H,2,4H2,1H3/b20-7-,23-19-,28-18?;. The van der Waals surface area contributed by atoms with Gasteiger partial charge in [0.2, 0.25) is 0 Å². The van der Waals surface area contributed by atoms with E-state index in [0.717, 1.165) is 29.0 Å². The maximum absolute atomic E-state index is 14.6. The molecule has 0 N–H and O–H groups in total. The number of hydrogen-bond donors (Lipinski definition) is 0. The molecule has 0 spiro atoms. The highest BCUT2D eigenvalue weighted by Crippen LogP contribution is 2.31. The first-order chi connectivity index (χ1) is 19.6. The van der Waals surface area contributed by atoms with Crippen LogP contribution in [0.5, 0.6) is 0 Å². The van der Waals surface area contributed by atoms with Crippen molar-refractivity contribution < 1.29 is 18.3 Å². The van der Waals surface area contributed by atoms with Crippen molar-refractivity contribution in [2.45, 2.75) is 60.0 Å². The fraction of sp³-hybridized carbons (Fsp3) is 0.424. The number of ether oxygens (including phenoxy) is 1. The molecule has 1 fully saturated rings. The molecule has 41 heavy (non-hydrogen) atoms. The third-order valence-electron chi connectivity index (χ3n) is 6.69. The number of carbonyl (C=O) groups excluding carboxylic acids is 1. The number of hydrogen-bond acceptors (Lipinski definition) is 5. The fourth-order valence-electron chi connectivity index (χ4n) is 4.51. The number of allylic oxidation sites excluding steroid dienone is 4. The highest BCUT2D eigenvalue weighted by molar-refractivity contribution is 6.12. The fourth-order valence-corrected chi connectivity index (χ4v) is 4.51. The summed E-state index contributed by atoms with van der Waals surface area (Å²) in [6.07, 6.45) is 8.91. The Labute approximate surface area is 244 Å². The Bertz CT molecular complexity index is 1230. The van der Waals surface area contributed by atoms with E-state index in [1.165, 1.54) is 24.3 Å². The molecule has 1 aromatic heterocycles. The molecule has 6 nitrogen and oxygen atoms in total. The van der Waals surface area contributed by atoms with Crippen molar-refractivity contribution >= 4 is 17.4 Å². The zero-order valence-corrected chi connectivity index (χ0v) is 25.3. The van der Waals surface area contributed by atoms with Gasteiger partial charge in [0.1, 0.15) is 18.1 Å².